The second-order valence-electron chi connectivity index (χ2n) is 6.46. The lowest BCUT2D eigenvalue weighted by Gasteiger charge is -2.16. The maximum atomic E-state index is 13.7. The summed E-state index contributed by atoms with van der Waals surface area (Å²) in [4.78, 5) is 13.5. The number of likely N-dealkylation sites (tertiary alicyclic amines) is 1. The average molecular weight is 397 g/mol. The molecule has 0 unspecified atom stereocenters. The van der Waals surface area contributed by atoms with Gasteiger partial charge in [0.05, 0.1) is 11.1 Å². The molecule has 0 aliphatic carbocycles. The monoisotopic (exact) mass is 397 g/mol. The van der Waals surface area contributed by atoms with Crippen molar-refractivity contribution in [2.75, 3.05) is 26.2 Å². The van der Waals surface area contributed by atoms with E-state index in [9.17, 15) is 22.4 Å². The van der Waals surface area contributed by atoms with Crippen molar-refractivity contribution >= 4 is 6.29 Å². The third-order valence-corrected chi connectivity index (χ3v) is 4.46. The molecule has 8 heteroatoms. The Kier molecular flexibility index (Phi) is 6.18. The number of hydrogen-bond acceptors (Lipinski definition) is 4. The fourth-order valence-corrected chi connectivity index (χ4v) is 3.02. The molecule has 1 saturated heterocycles. The van der Waals surface area contributed by atoms with Crippen LogP contribution in [0.4, 0.5) is 17.6 Å². The maximum Gasteiger partial charge on any atom is 0.419 e. The highest BCUT2D eigenvalue weighted by Crippen LogP contribution is 2.34. The standard InChI is InChI=1S/C20H19F4NO3/c21-18-11-15(5-6-17(18)20(22,23)24)28-16-4-3-14(13-26)19(12-16)27-10-9-25-7-1-2-8-25/h3-6,11-13H,1-2,7-10H2. The van der Waals surface area contributed by atoms with Crippen LogP contribution in [-0.4, -0.2) is 37.4 Å². The van der Waals surface area contributed by atoms with Crippen molar-refractivity contribution in [3.63, 3.8) is 0 Å². The van der Waals surface area contributed by atoms with E-state index in [1.54, 1.807) is 0 Å². The Morgan fingerprint density at radius 3 is 2.36 bits per heavy atom. The molecule has 0 spiro atoms. The Balaban J connectivity index is 1.70. The molecule has 28 heavy (non-hydrogen) atoms. The summed E-state index contributed by atoms with van der Waals surface area (Å²) in [6.07, 6.45) is -1.81. The maximum absolute atomic E-state index is 13.7. The van der Waals surface area contributed by atoms with Crippen LogP contribution in [0, 0.1) is 5.82 Å². The van der Waals surface area contributed by atoms with Crippen LogP contribution in [0.25, 0.3) is 0 Å². The summed E-state index contributed by atoms with van der Waals surface area (Å²) >= 11 is 0. The first kappa shape index (κ1) is 20.1. The Labute approximate surface area is 159 Å². The van der Waals surface area contributed by atoms with Gasteiger partial charge in [0.25, 0.3) is 0 Å². The highest BCUT2D eigenvalue weighted by atomic mass is 19.4. The fourth-order valence-electron chi connectivity index (χ4n) is 3.02. The molecule has 4 nitrogen and oxygen atoms in total. The smallest absolute Gasteiger partial charge is 0.419 e. The van der Waals surface area contributed by atoms with E-state index >= 15 is 0 Å². The quantitative estimate of drug-likeness (QED) is 0.491. The Morgan fingerprint density at radius 1 is 1.04 bits per heavy atom. The third-order valence-electron chi connectivity index (χ3n) is 4.46. The molecule has 0 N–H and O–H groups in total. The number of nitrogens with zero attached hydrogens (tertiary/aromatic N) is 1. The number of halogens is 4. The molecular formula is C20H19F4NO3. The van der Waals surface area contributed by atoms with E-state index in [4.69, 9.17) is 9.47 Å². The molecule has 0 bridgehead atoms. The van der Waals surface area contributed by atoms with Gasteiger partial charge in [0.15, 0.2) is 6.29 Å². The van der Waals surface area contributed by atoms with Gasteiger partial charge >= 0.3 is 6.18 Å². The molecule has 0 radical (unpaired) electrons. The van der Waals surface area contributed by atoms with E-state index in [-0.39, 0.29) is 11.5 Å². The summed E-state index contributed by atoms with van der Waals surface area (Å²) < 4.78 is 62.7. The van der Waals surface area contributed by atoms with Crippen LogP contribution in [0.15, 0.2) is 36.4 Å². The summed E-state index contributed by atoms with van der Waals surface area (Å²) in [6.45, 7) is 3.16. The van der Waals surface area contributed by atoms with E-state index in [2.05, 4.69) is 4.90 Å². The zero-order valence-corrected chi connectivity index (χ0v) is 15.0. The molecule has 150 valence electrons. The van der Waals surface area contributed by atoms with Gasteiger partial charge in [-0.2, -0.15) is 13.2 Å². The normalized spacial score (nSPS) is 14.9. The molecule has 2 aromatic rings. The molecule has 1 fully saturated rings. The Hall–Kier alpha value is -2.61. The summed E-state index contributed by atoms with van der Waals surface area (Å²) in [5.41, 5.74) is -1.03. The number of carbonyl (C=O) groups excluding carboxylic acids is 1. The number of ether oxygens (including phenoxy) is 2. The van der Waals surface area contributed by atoms with Crippen molar-refractivity contribution < 1.29 is 31.8 Å². The van der Waals surface area contributed by atoms with Crippen LogP contribution in [0.2, 0.25) is 0 Å². The second-order valence-corrected chi connectivity index (χ2v) is 6.46. The first-order chi connectivity index (χ1) is 13.4. The lowest BCUT2D eigenvalue weighted by atomic mass is 10.2. The van der Waals surface area contributed by atoms with Crippen molar-refractivity contribution in [1.82, 2.24) is 4.90 Å². The third kappa shape index (κ3) is 5.01. The van der Waals surface area contributed by atoms with Gasteiger partial charge in [0, 0.05) is 18.7 Å². The number of hydrogen-bond donors (Lipinski definition) is 0. The number of carbonyl (C=O) groups is 1. The van der Waals surface area contributed by atoms with Gasteiger partial charge in [-0.1, -0.05) is 0 Å². The van der Waals surface area contributed by atoms with Crippen LogP contribution in [0.5, 0.6) is 17.2 Å². The molecule has 0 saturated carbocycles. The SMILES string of the molecule is O=Cc1ccc(Oc2ccc(C(F)(F)F)c(F)c2)cc1OCCN1CCCC1. The van der Waals surface area contributed by atoms with Gasteiger partial charge < -0.3 is 9.47 Å². The molecule has 0 amide bonds. The molecule has 1 aliphatic rings. The van der Waals surface area contributed by atoms with Crippen molar-refractivity contribution in [2.45, 2.75) is 19.0 Å². The molecule has 2 aromatic carbocycles. The van der Waals surface area contributed by atoms with E-state index in [0.717, 1.165) is 38.5 Å². The van der Waals surface area contributed by atoms with Crippen LogP contribution in [0.3, 0.4) is 0 Å². The van der Waals surface area contributed by atoms with Crippen LogP contribution < -0.4 is 9.47 Å². The first-order valence-corrected chi connectivity index (χ1v) is 8.86. The summed E-state index contributed by atoms with van der Waals surface area (Å²) in [6, 6.07) is 6.74. The first-order valence-electron chi connectivity index (χ1n) is 8.86. The number of alkyl halides is 3. The predicted molar refractivity (Wildman–Crippen MR) is 94.5 cm³/mol. The van der Waals surface area contributed by atoms with Crippen LogP contribution in [-0.2, 0) is 6.18 Å². The van der Waals surface area contributed by atoms with Crippen LogP contribution in [0.1, 0.15) is 28.8 Å². The molecule has 3 rings (SSSR count). The Bertz CT molecular complexity index is 833. The summed E-state index contributed by atoms with van der Waals surface area (Å²) in [7, 11) is 0. The molecule has 0 atom stereocenters. The molecular weight excluding hydrogens is 378 g/mol. The molecule has 1 aliphatic heterocycles. The van der Waals surface area contributed by atoms with Gasteiger partial charge in [-0.3, -0.25) is 9.69 Å². The van der Waals surface area contributed by atoms with E-state index in [1.807, 2.05) is 0 Å². The largest absolute Gasteiger partial charge is 0.491 e. The lowest BCUT2D eigenvalue weighted by Crippen LogP contribution is -2.25. The summed E-state index contributed by atoms with van der Waals surface area (Å²) in [5.74, 6) is -0.982. The minimum Gasteiger partial charge on any atom is -0.491 e. The van der Waals surface area contributed by atoms with Crippen molar-refractivity contribution in [3.05, 3.63) is 53.3 Å². The van der Waals surface area contributed by atoms with Gasteiger partial charge in [-0.25, -0.2) is 4.39 Å². The minimum atomic E-state index is -4.77. The topological polar surface area (TPSA) is 38.8 Å². The lowest BCUT2D eigenvalue weighted by molar-refractivity contribution is -0.140. The number of aldehydes is 1. The van der Waals surface area contributed by atoms with Crippen LogP contribution >= 0.6 is 0 Å². The van der Waals surface area contributed by atoms with Gasteiger partial charge in [0.1, 0.15) is 29.7 Å². The minimum absolute atomic E-state index is 0.0904. The zero-order valence-electron chi connectivity index (χ0n) is 15.0. The molecule has 1 heterocycles. The average Bonchev–Trinajstić information content (AvgIpc) is 3.14. The second kappa shape index (κ2) is 8.60. The number of rotatable bonds is 7. The zero-order chi connectivity index (χ0) is 20.1. The van der Waals surface area contributed by atoms with Gasteiger partial charge in [0.2, 0.25) is 0 Å². The van der Waals surface area contributed by atoms with Gasteiger partial charge in [-0.05, 0) is 50.2 Å². The highest BCUT2D eigenvalue weighted by Gasteiger charge is 2.34. The number of benzene rings is 2. The van der Waals surface area contributed by atoms with E-state index in [1.165, 1.54) is 18.2 Å². The van der Waals surface area contributed by atoms with Crippen molar-refractivity contribution in [1.29, 1.82) is 0 Å². The van der Waals surface area contributed by atoms with E-state index in [0.29, 0.717) is 36.3 Å². The highest BCUT2D eigenvalue weighted by molar-refractivity contribution is 5.79. The van der Waals surface area contributed by atoms with Crippen molar-refractivity contribution in [3.8, 4) is 17.2 Å². The predicted octanol–water partition coefficient (Wildman–Crippen LogP) is 4.92. The molecule has 0 aromatic heterocycles. The summed E-state index contributed by atoms with van der Waals surface area (Å²) in [5, 5.41) is 0. The van der Waals surface area contributed by atoms with Crippen molar-refractivity contribution in [2.24, 2.45) is 0 Å². The Morgan fingerprint density at radius 2 is 1.71 bits per heavy atom. The fraction of sp³-hybridized carbons (Fsp3) is 0.350. The van der Waals surface area contributed by atoms with E-state index < -0.39 is 17.6 Å². The van der Waals surface area contributed by atoms with Gasteiger partial charge in [-0.15, -0.1) is 0 Å².